The molecule has 0 aliphatic carbocycles. The summed E-state index contributed by atoms with van der Waals surface area (Å²) in [5.74, 6) is -2.35. The van der Waals surface area contributed by atoms with E-state index < -0.39 is 36.7 Å². The fraction of sp³-hybridized carbons (Fsp3) is 0.200. The van der Waals surface area contributed by atoms with Crippen LogP contribution < -0.4 is 10.6 Å². The number of rotatable bonds is 9. The second-order valence-electron chi connectivity index (χ2n) is 7.87. The summed E-state index contributed by atoms with van der Waals surface area (Å²) in [6.07, 6.45) is 0.0100. The van der Waals surface area contributed by atoms with E-state index in [4.69, 9.17) is 0 Å². The molecule has 2 unspecified atom stereocenters. The second kappa shape index (κ2) is 11.4. The maximum absolute atomic E-state index is 13.8. The summed E-state index contributed by atoms with van der Waals surface area (Å²) in [7, 11) is -1.78. The third-order valence-corrected chi connectivity index (χ3v) is 5.39. The van der Waals surface area contributed by atoms with Gasteiger partial charge in [-0.1, -0.05) is 54.6 Å². The first-order valence-electron chi connectivity index (χ1n) is 10.6. The SMILES string of the molecule is Cc1ccccc1CC(NC(=O)CC(NC(=O)c1ccccc1)c1cccc(F)c1)B(O)O. The molecule has 3 aromatic rings. The van der Waals surface area contributed by atoms with Crippen LogP contribution in [0.3, 0.4) is 0 Å². The lowest BCUT2D eigenvalue weighted by Gasteiger charge is -2.23. The predicted octanol–water partition coefficient (Wildman–Crippen LogP) is 2.73. The topological polar surface area (TPSA) is 98.7 Å². The Morgan fingerprint density at radius 3 is 2.30 bits per heavy atom. The largest absolute Gasteiger partial charge is 0.475 e. The monoisotopic (exact) mass is 448 g/mol. The van der Waals surface area contributed by atoms with Gasteiger partial charge in [-0.2, -0.15) is 0 Å². The molecule has 0 radical (unpaired) electrons. The molecule has 3 aromatic carbocycles. The Balaban J connectivity index is 1.75. The Labute approximate surface area is 192 Å². The minimum atomic E-state index is -1.78. The normalized spacial score (nSPS) is 12.5. The Morgan fingerprint density at radius 2 is 1.64 bits per heavy atom. The highest BCUT2D eigenvalue weighted by atomic mass is 19.1. The van der Waals surface area contributed by atoms with Gasteiger partial charge in [-0.05, 0) is 54.3 Å². The van der Waals surface area contributed by atoms with Crippen molar-refractivity contribution >= 4 is 18.9 Å². The minimum Gasteiger partial charge on any atom is -0.426 e. The molecule has 0 saturated heterocycles. The van der Waals surface area contributed by atoms with Crippen LogP contribution in [0.25, 0.3) is 0 Å². The number of aryl methyl sites for hydroxylation is 1. The van der Waals surface area contributed by atoms with Crippen molar-refractivity contribution in [3.8, 4) is 0 Å². The first kappa shape index (κ1) is 24.2. The Morgan fingerprint density at radius 1 is 0.939 bits per heavy atom. The molecule has 2 atom stereocenters. The zero-order valence-electron chi connectivity index (χ0n) is 18.2. The molecule has 4 N–H and O–H groups in total. The zero-order valence-corrected chi connectivity index (χ0v) is 18.2. The summed E-state index contributed by atoms with van der Waals surface area (Å²) in [6, 6.07) is 20.8. The molecule has 0 fully saturated rings. The zero-order chi connectivity index (χ0) is 23.8. The fourth-order valence-electron chi connectivity index (χ4n) is 3.56. The molecule has 0 spiro atoms. The first-order valence-corrected chi connectivity index (χ1v) is 10.6. The number of nitrogens with one attached hydrogen (secondary N) is 2. The van der Waals surface area contributed by atoms with Gasteiger partial charge < -0.3 is 20.7 Å². The van der Waals surface area contributed by atoms with Crippen molar-refractivity contribution in [1.82, 2.24) is 10.6 Å². The molecule has 170 valence electrons. The van der Waals surface area contributed by atoms with Crippen LogP contribution >= 0.6 is 0 Å². The highest BCUT2D eigenvalue weighted by Gasteiger charge is 2.28. The highest BCUT2D eigenvalue weighted by Crippen LogP contribution is 2.19. The van der Waals surface area contributed by atoms with Crippen LogP contribution in [0.1, 0.15) is 39.5 Å². The van der Waals surface area contributed by atoms with Gasteiger partial charge in [-0.15, -0.1) is 0 Å². The van der Waals surface area contributed by atoms with Crippen molar-refractivity contribution in [3.05, 3.63) is 107 Å². The number of carbonyl (C=O) groups is 2. The van der Waals surface area contributed by atoms with Crippen molar-refractivity contribution in [2.24, 2.45) is 0 Å². The molecule has 6 nitrogen and oxygen atoms in total. The Bertz CT molecular complexity index is 1090. The molecule has 0 aliphatic heterocycles. The van der Waals surface area contributed by atoms with Gasteiger partial charge in [0.2, 0.25) is 5.91 Å². The van der Waals surface area contributed by atoms with E-state index in [1.54, 1.807) is 36.4 Å². The summed E-state index contributed by atoms with van der Waals surface area (Å²) < 4.78 is 13.8. The molecule has 2 amide bonds. The van der Waals surface area contributed by atoms with Crippen LogP contribution in [-0.4, -0.2) is 34.9 Å². The smallest absolute Gasteiger partial charge is 0.426 e. The van der Waals surface area contributed by atoms with Gasteiger partial charge in [0.05, 0.1) is 18.4 Å². The molecule has 8 heteroatoms. The molecule has 0 heterocycles. The quantitative estimate of drug-likeness (QED) is 0.379. The van der Waals surface area contributed by atoms with Crippen LogP contribution in [0.4, 0.5) is 4.39 Å². The standard InChI is InChI=1S/C25H26BFN2O4/c1-17-8-5-6-11-19(17)15-23(26(32)33)29-24(30)16-22(20-12-7-13-21(27)14-20)28-25(31)18-9-3-2-4-10-18/h2-14,22-23,32-33H,15-16H2,1H3,(H,28,31)(H,29,30). The molecule has 33 heavy (non-hydrogen) atoms. The molecule has 0 aromatic heterocycles. The van der Waals surface area contributed by atoms with Crippen molar-refractivity contribution in [2.45, 2.75) is 31.7 Å². The summed E-state index contributed by atoms with van der Waals surface area (Å²) >= 11 is 0. The second-order valence-corrected chi connectivity index (χ2v) is 7.87. The van der Waals surface area contributed by atoms with E-state index in [0.29, 0.717) is 11.1 Å². The predicted molar refractivity (Wildman–Crippen MR) is 125 cm³/mol. The van der Waals surface area contributed by atoms with Crippen LogP contribution in [0.15, 0.2) is 78.9 Å². The van der Waals surface area contributed by atoms with E-state index in [-0.39, 0.29) is 12.8 Å². The summed E-state index contributed by atoms with van der Waals surface area (Å²) in [5, 5.41) is 25.0. The third-order valence-electron chi connectivity index (χ3n) is 5.39. The number of halogens is 1. The summed E-state index contributed by atoms with van der Waals surface area (Å²) in [5.41, 5.74) is 2.66. The van der Waals surface area contributed by atoms with Gasteiger partial charge >= 0.3 is 7.12 Å². The minimum absolute atomic E-state index is 0.209. The number of carbonyl (C=O) groups excluding carboxylic acids is 2. The van der Waals surface area contributed by atoms with E-state index >= 15 is 0 Å². The van der Waals surface area contributed by atoms with Gasteiger partial charge in [0.15, 0.2) is 0 Å². The number of amides is 2. The third kappa shape index (κ3) is 7.00. The summed E-state index contributed by atoms with van der Waals surface area (Å²) in [4.78, 5) is 25.5. The number of hydrogen-bond donors (Lipinski definition) is 4. The lowest BCUT2D eigenvalue weighted by Crippen LogP contribution is -2.48. The lowest BCUT2D eigenvalue weighted by molar-refractivity contribution is -0.122. The van der Waals surface area contributed by atoms with E-state index in [1.807, 2.05) is 31.2 Å². The Hall–Kier alpha value is -3.49. The van der Waals surface area contributed by atoms with Gasteiger partial charge in [0.25, 0.3) is 5.91 Å². The number of benzene rings is 3. The van der Waals surface area contributed by atoms with E-state index in [2.05, 4.69) is 10.6 Å². The maximum Gasteiger partial charge on any atom is 0.475 e. The maximum atomic E-state index is 13.8. The number of hydrogen-bond acceptors (Lipinski definition) is 4. The van der Waals surface area contributed by atoms with Crippen LogP contribution in [0.2, 0.25) is 0 Å². The van der Waals surface area contributed by atoms with E-state index in [9.17, 15) is 24.0 Å². The average molecular weight is 448 g/mol. The molecule has 0 bridgehead atoms. The van der Waals surface area contributed by atoms with E-state index in [1.165, 1.54) is 18.2 Å². The molecule has 0 saturated carbocycles. The lowest BCUT2D eigenvalue weighted by atomic mass is 9.75. The van der Waals surface area contributed by atoms with Crippen LogP contribution in [-0.2, 0) is 11.2 Å². The van der Waals surface area contributed by atoms with Crippen molar-refractivity contribution in [3.63, 3.8) is 0 Å². The highest BCUT2D eigenvalue weighted by molar-refractivity contribution is 6.43. The fourth-order valence-corrected chi connectivity index (χ4v) is 3.56. The van der Waals surface area contributed by atoms with Crippen molar-refractivity contribution in [1.29, 1.82) is 0 Å². The summed E-state index contributed by atoms with van der Waals surface area (Å²) in [6.45, 7) is 1.90. The average Bonchev–Trinajstić information content (AvgIpc) is 2.80. The van der Waals surface area contributed by atoms with Crippen LogP contribution in [0, 0.1) is 12.7 Å². The van der Waals surface area contributed by atoms with Gasteiger partial charge in [-0.25, -0.2) is 4.39 Å². The van der Waals surface area contributed by atoms with Gasteiger partial charge in [0, 0.05) is 5.56 Å². The first-order chi connectivity index (χ1) is 15.8. The molecule has 3 rings (SSSR count). The van der Waals surface area contributed by atoms with Crippen LogP contribution in [0.5, 0.6) is 0 Å². The molecular weight excluding hydrogens is 422 g/mol. The molecular formula is C25H26BFN2O4. The van der Waals surface area contributed by atoms with Gasteiger partial charge in [-0.3, -0.25) is 9.59 Å². The molecule has 0 aliphatic rings. The Kier molecular flexibility index (Phi) is 8.35. The van der Waals surface area contributed by atoms with E-state index in [0.717, 1.165) is 11.1 Å². The van der Waals surface area contributed by atoms with Gasteiger partial charge in [0.1, 0.15) is 5.82 Å². The van der Waals surface area contributed by atoms with Crippen molar-refractivity contribution < 1.29 is 24.0 Å². The van der Waals surface area contributed by atoms with Crippen molar-refractivity contribution in [2.75, 3.05) is 0 Å².